The molecule has 9 atom stereocenters. The van der Waals surface area contributed by atoms with Crippen molar-refractivity contribution in [3.63, 3.8) is 0 Å². The predicted octanol–water partition coefficient (Wildman–Crippen LogP) is 3.61. The minimum absolute atomic E-state index is 0.0198. The fourth-order valence-electron chi connectivity index (χ4n) is 7.94. The molecule has 7 heteroatoms. The van der Waals surface area contributed by atoms with Gasteiger partial charge in [0.25, 0.3) is 0 Å². The molecule has 0 N–H and O–H groups in total. The number of esters is 3. The van der Waals surface area contributed by atoms with Gasteiger partial charge >= 0.3 is 17.9 Å². The minimum Gasteiger partial charge on any atom is -0.463 e. The monoisotopic (exact) mass is 448 g/mol. The Kier molecular flexibility index (Phi) is 5.91. The van der Waals surface area contributed by atoms with E-state index >= 15 is 0 Å². The molecule has 0 aromatic carbocycles. The van der Waals surface area contributed by atoms with Gasteiger partial charge in [0, 0.05) is 33.1 Å². The number of ether oxygens (including phenoxy) is 3. The number of fused-ring (bicyclic) bond motifs is 5. The highest BCUT2D eigenvalue weighted by Gasteiger charge is 2.67. The van der Waals surface area contributed by atoms with Crippen LogP contribution in [0.5, 0.6) is 0 Å². The summed E-state index contributed by atoms with van der Waals surface area (Å²) in [6, 6.07) is 0. The summed E-state index contributed by atoms with van der Waals surface area (Å²) in [4.78, 5) is 48.7. The Morgan fingerprint density at radius 2 is 1.50 bits per heavy atom. The molecule has 7 nitrogen and oxygen atoms in total. The summed E-state index contributed by atoms with van der Waals surface area (Å²) in [5.41, 5.74) is -0.785. The Bertz CT molecular complexity index is 821. The van der Waals surface area contributed by atoms with Crippen LogP contribution in [0.1, 0.15) is 79.6 Å². The molecule has 4 aliphatic carbocycles. The zero-order valence-corrected chi connectivity index (χ0v) is 19.8. The maximum atomic E-state index is 13.1. The van der Waals surface area contributed by atoms with E-state index in [2.05, 4.69) is 6.92 Å². The molecule has 4 aliphatic rings. The molecule has 0 spiro atoms. The topological polar surface area (TPSA) is 96.0 Å². The fourth-order valence-corrected chi connectivity index (χ4v) is 7.94. The quantitative estimate of drug-likeness (QED) is 0.481. The van der Waals surface area contributed by atoms with Crippen molar-refractivity contribution >= 4 is 23.7 Å². The van der Waals surface area contributed by atoms with E-state index in [-0.39, 0.29) is 65.0 Å². The van der Waals surface area contributed by atoms with E-state index in [4.69, 9.17) is 14.2 Å². The van der Waals surface area contributed by atoms with Crippen LogP contribution in [0.3, 0.4) is 0 Å². The minimum atomic E-state index is -0.733. The van der Waals surface area contributed by atoms with Crippen LogP contribution in [0.2, 0.25) is 0 Å². The Morgan fingerprint density at radius 3 is 2.12 bits per heavy atom. The second kappa shape index (κ2) is 8.14. The molecule has 0 aliphatic heterocycles. The van der Waals surface area contributed by atoms with Gasteiger partial charge in [0.2, 0.25) is 0 Å². The lowest BCUT2D eigenvalue weighted by molar-refractivity contribution is -0.215. The fraction of sp³-hybridized carbons (Fsp3) is 0.840. The average molecular weight is 449 g/mol. The van der Waals surface area contributed by atoms with Gasteiger partial charge in [-0.15, -0.1) is 0 Å². The summed E-state index contributed by atoms with van der Waals surface area (Å²) < 4.78 is 17.3. The lowest BCUT2D eigenvalue weighted by Gasteiger charge is -2.62. The highest BCUT2D eigenvalue weighted by atomic mass is 16.6. The van der Waals surface area contributed by atoms with Crippen LogP contribution in [0.4, 0.5) is 0 Å². The van der Waals surface area contributed by atoms with Gasteiger partial charge in [-0.05, 0) is 68.6 Å². The van der Waals surface area contributed by atoms with Gasteiger partial charge in [0.1, 0.15) is 24.1 Å². The molecule has 0 saturated heterocycles. The van der Waals surface area contributed by atoms with E-state index in [9.17, 15) is 19.2 Å². The van der Waals surface area contributed by atoms with E-state index in [1.54, 1.807) is 0 Å². The van der Waals surface area contributed by atoms with Crippen LogP contribution < -0.4 is 0 Å². The Morgan fingerprint density at radius 1 is 0.844 bits per heavy atom. The first kappa shape index (κ1) is 23.2. The summed E-state index contributed by atoms with van der Waals surface area (Å²) in [7, 11) is 0. The standard InChI is InChI=1S/C25H36O7/c1-13(26)30-17-8-9-24(4)16(10-17)11-20(31-14(2)27)23-18-6-7-21(29)25(18,5)22(12-19(23)24)32-15(3)28/h16-20,22-23H,6-12H2,1-5H3/t16?,17?,18-,19-,20?,22?,23-,24-,25-/m0/s1. The van der Waals surface area contributed by atoms with Crippen molar-refractivity contribution in [2.24, 2.45) is 34.5 Å². The van der Waals surface area contributed by atoms with Crippen LogP contribution >= 0.6 is 0 Å². The Hall–Kier alpha value is -1.92. The number of hydrogen-bond donors (Lipinski definition) is 0. The molecule has 0 aromatic rings. The van der Waals surface area contributed by atoms with Crippen molar-refractivity contribution < 1.29 is 33.4 Å². The summed E-state index contributed by atoms with van der Waals surface area (Å²) in [6.45, 7) is 8.53. The molecule has 0 radical (unpaired) electrons. The van der Waals surface area contributed by atoms with Crippen LogP contribution in [0, 0.1) is 34.5 Å². The second-order valence-corrected chi connectivity index (χ2v) is 11.0. The van der Waals surface area contributed by atoms with Crippen LogP contribution in [0.25, 0.3) is 0 Å². The molecule has 32 heavy (non-hydrogen) atoms. The first-order valence-corrected chi connectivity index (χ1v) is 12.0. The lowest BCUT2D eigenvalue weighted by atomic mass is 9.44. The van der Waals surface area contributed by atoms with Gasteiger partial charge in [-0.3, -0.25) is 19.2 Å². The smallest absolute Gasteiger partial charge is 0.302 e. The molecule has 0 amide bonds. The normalized spacial score (nSPS) is 45.2. The number of carbonyl (C=O) groups is 4. The number of ketones is 1. The Balaban J connectivity index is 1.72. The van der Waals surface area contributed by atoms with Crippen molar-refractivity contribution in [1.82, 2.24) is 0 Å². The largest absolute Gasteiger partial charge is 0.463 e. The van der Waals surface area contributed by atoms with Gasteiger partial charge in [0.05, 0.1) is 5.41 Å². The van der Waals surface area contributed by atoms with Gasteiger partial charge < -0.3 is 14.2 Å². The lowest BCUT2D eigenvalue weighted by Crippen LogP contribution is -2.63. The Labute approximate surface area is 189 Å². The van der Waals surface area contributed by atoms with Crippen LogP contribution in [0.15, 0.2) is 0 Å². The molecule has 4 fully saturated rings. The summed E-state index contributed by atoms with van der Waals surface area (Å²) in [5.74, 6) is -0.308. The van der Waals surface area contributed by atoms with Gasteiger partial charge in [-0.25, -0.2) is 0 Å². The van der Waals surface area contributed by atoms with Crippen molar-refractivity contribution in [2.45, 2.75) is 97.9 Å². The van der Waals surface area contributed by atoms with E-state index in [1.807, 2.05) is 6.92 Å². The first-order valence-electron chi connectivity index (χ1n) is 12.0. The third-order valence-corrected chi connectivity index (χ3v) is 9.36. The number of hydrogen-bond acceptors (Lipinski definition) is 7. The molecule has 0 bridgehead atoms. The summed E-state index contributed by atoms with van der Waals surface area (Å²) in [5, 5.41) is 0. The van der Waals surface area contributed by atoms with E-state index < -0.39 is 11.5 Å². The molecule has 4 saturated carbocycles. The first-order chi connectivity index (χ1) is 15.0. The van der Waals surface area contributed by atoms with Crippen molar-refractivity contribution in [3.05, 3.63) is 0 Å². The molecule has 178 valence electrons. The molecular weight excluding hydrogens is 412 g/mol. The van der Waals surface area contributed by atoms with E-state index in [1.165, 1.54) is 20.8 Å². The van der Waals surface area contributed by atoms with Crippen molar-refractivity contribution in [3.8, 4) is 0 Å². The van der Waals surface area contributed by atoms with E-state index in [0.29, 0.717) is 19.3 Å². The average Bonchev–Trinajstić information content (AvgIpc) is 2.98. The predicted molar refractivity (Wildman–Crippen MR) is 114 cm³/mol. The molecule has 0 aromatic heterocycles. The maximum Gasteiger partial charge on any atom is 0.302 e. The third kappa shape index (κ3) is 3.65. The molecule has 4 rings (SSSR count). The number of rotatable bonds is 3. The third-order valence-electron chi connectivity index (χ3n) is 9.36. The van der Waals surface area contributed by atoms with E-state index in [0.717, 1.165) is 25.7 Å². The summed E-state index contributed by atoms with van der Waals surface area (Å²) in [6.07, 6.45) is 4.12. The number of Topliss-reactive ketones (excluding diaryl/α,β-unsaturated/α-hetero) is 1. The van der Waals surface area contributed by atoms with Gasteiger partial charge in [-0.2, -0.15) is 0 Å². The maximum absolute atomic E-state index is 13.1. The second-order valence-electron chi connectivity index (χ2n) is 11.0. The van der Waals surface area contributed by atoms with Crippen LogP contribution in [-0.2, 0) is 33.4 Å². The highest BCUT2D eigenvalue weighted by Crippen LogP contribution is 2.66. The number of carbonyl (C=O) groups excluding carboxylic acids is 4. The zero-order chi connectivity index (χ0) is 23.4. The van der Waals surface area contributed by atoms with Gasteiger partial charge in [-0.1, -0.05) is 6.92 Å². The SMILES string of the molecule is CC(=O)OC1CC[C@@]2(C)C(C1)CC(OC(C)=O)[C@@H]1[C@@H]2CC(OC(C)=O)[C@]2(C)C(=O)CC[C@@H]12. The molecule has 4 unspecified atom stereocenters. The zero-order valence-electron chi connectivity index (χ0n) is 19.8. The van der Waals surface area contributed by atoms with Crippen molar-refractivity contribution in [1.29, 1.82) is 0 Å². The molecular formula is C25H36O7. The summed E-state index contributed by atoms with van der Waals surface area (Å²) >= 11 is 0. The highest BCUT2D eigenvalue weighted by molar-refractivity contribution is 5.88. The van der Waals surface area contributed by atoms with Gasteiger partial charge in [0.15, 0.2) is 0 Å². The van der Waals surface area contributed by atoms with Crippen molar-refractivity contribution in [2.75, 3.05) is 0 Å². The molecule has 0 heterocycles. The van der Waals surface area contributed by atoms with Crippen LogP contribution in [-0.4, -0.2) is 42.0 Å².